The number of piperidine rings is 1. The van der Waals surface area contributed by atoms with Crippen LogP contribution in [0.5, 0.6) is 0 Å². The van der Waals surface area contributed by atoms with E-state index in [0.29, 0.717) is 32.5 Å². The summed E-state index contributed by atoms with van der Waals surface area (Å²) in [6, 6.07) is 22.4. The van der Waals surface area contributed by atoms with E-state index in [1.165, 1.54) is 4.31 Å². The molecule has 1 fully saturated rings. The van der Waals surface area contributed by atoms with Crippen LogP contribution in [0.3, 0.4) is 0 Å². The van der Waals surface area contributed by atoms with Gasteiger partial charge in [0.1, 0.15) is 0 Å². The summed E-state index contributed by atoms with van der Waals surface area (Å²) in [5.41, 5.74) is 2.82. The second-order valence-electron chi connectivity index (χ2n) is 7.61. The summed E-state index contributed by atoms with van der Waals surface area (Å²) in [5.74, 6) is -0.231. The van der Waals surface area contributed by atoms with Crippen molar-refractivity contribution < 1.29 is 13.2 Å². The van der Waals surface area contributed by atoms with Gasteiger partial charge in [0.15, 0.2) is 0 Å². The second kappa shape index (κ2) is 9.41. The SMILES string of the molecule is O=C(NCc1ccccn1)C1CCN(S(=O)(=O)c2ccc(-c3ccccc3)cc2)CC1. The van der Waals surface area contributed by atoms with Crippen LogP contribution in [0.15, 0.2) is 83.9 Å². The highest BCUT2D eigenvalue weighted by Gasteiger charge is 2.32. The molecule has 2 aromatic carbocycles. The summed E-state index contributed by atoms with van der Waals surface area (Å²) in [6.07, 6.45) is 2.71. The minimum absolute atomic E-state index is 0.0464. The van der Waals surface area contributed by atoms with Crippen molar-refractivity contribution in [3.8, 4) is 11.1 Å². The zero-order valence-electron chi connectivity index (χ0n) is 17.1. The highest BCUT2D eigenvalue weighted by atomic mass is 32.2. The first-order valence-corrected chi connectivity index (χ1v) is 11.8. The molecule has 1 aliphatic heterocycles. The molecule has 1 aromatic heterocycles. The molecule has 0 spiro atoms. The van der Waals surface area contributed by atoms with Gasteiger partial charge in [-0.15, -0.1) is 0 Å². The largest absolute Gasteiger partial charge is 0.350 e. The number of nitrogens with one attached hydrogen (secondary N) is 1. The lowest BCUT2D eigenvalue weighted by Crippen LogP contribution is -2.42. The van der Waals surface area contributed by atoms with Crippen LogP contribution in [0.4, 0.5) is 0 Å². The van der Waals surface area contributed by atoms with E-state index in [1.807, 2.05) is 60.7 Å². The van der Waals surface area contributed by atoms with Crippen molar-refractivity contribution in [3.63, 3.8) is 0 Å². The van der Waals surface area contributed by atoms with Crippen LogP contribution in [0.2, 0.25) is 0 Å². The van der Waals surface area contributed by atoms with Crippen LogP contribution in [0, 0.1) is 5.92 Å². The predicted molar refractivity (Wildman–Crippen MR) is 119 cm³/mol. The molecule has 7 heteroatoms. The number of pyridine rings is 1. The van der Waals surface area contributed by atoms with Gasteiger partial charge in [-0.25, -0.2) is 8.42 Å². The van der Waals surface area contributed by atoms with E-state index in [-0.39, 0.29) is 16.7 Å². The van der Waals surface area contributed by atoms with Crippen LogP contribution < -0.4 is 5.32 Å². The number of hydrogen-bond acceptors (Lipinski definition) is 4. The molecule has 1 amide bonds. The van der Waals surface area contributed by atoms with E-state index < -0.39 is 10.0 Å². The number of rotatable bonds is 6. The van der Waals surface area contributed by atoms with Gasteiger partial charge in [-0.1, -0.05) is 48.5 Å². The average molecular weight is 436 g/mol. The number of amides is 1. The number of carbonyl (C=O) groups excluding carboxylic acids is 1. The quantitative estimate of drug-likeness (QED) is 0.643. The first kappa shape index (κ1) is 21.2. The van der Waals surface area contributed by atoms with E-state index in [4.69, 9.17) is 0 Å². The molecular formula is C24H25N3O3S. The van der Waals surface area contributed by atoms with Crippen LogP contribution in [-0.4, -0.2) is 36.7 Å². The van der Waals surface area contributed by atoms with Crippen LogP contribution in [0.25, 0.3) is 11.1 Å². The van der Waals surface area contributed by atoms with Gasteiger partial charge < -0.3 is 5.32 Å². The molecule has 31 heavy (non-hydrogen) atoms. The standard InChI is InChI=1S/C24H25N3O3S/c28-24(26-18-22-8-4-5-15-25-22)21-13-16-27(17-14-21)31(29,30)23-11-9-20(10-12-23)19-6-2-1-3-7-19/h1-12,15,21H,13-14,16-18H2,(H,26,28). The molecule has 1 N–H and O–H groups in total. The maximum atomic E-state index is 13.0. The molecule has 0 bridgehead atoms. The number of nitrogens with zero attached hydrogens (tertiary/aromatic N) is 2. The Bertz CT molecular complexity index is 1110. The Morgan fingerprint density at radius 2 is 1.55 bits per heavy atom. The molecule has 1 aliphatic rings. The molecule has 0 radical (unpaired) electrons. The summed E-state index contributed by atoms with van der Waals surface area (Å²) in [7, 11) is -3.57. The molecule has 0 aliphatic carbocycles. The number of hydrogen-bond donors (Lipinski definition) is 1. The Morgan fingerprint density at radius 1 is 0.903 bits per heavy atom. The monoisotopic (exact) mass is 435 g/mol. The molecule has 3 aromatic rings. The van der Waals surface area contributed by atoms with Gasteiger partial charge in [-0.05, 0) is 48.2 Å². The summed E-state index contributed by atoms with van der Waals surface area (Å²) < 4.78 is 27.6. The first-order chi connectivity index (χ1) is 15.0. The summed E-state index contributed by atoms with van der Waals surface area (Å²) in [5, 5.41) is 2.91. The Balaban J connectivity index is 1.35. The maximum absolute atomic E-state index is 13.0. The van der Waals surface area contributed by atoms with Crippen molar-refractivity contribution in [2.24, 2.45) is 5.92 Å². The molecule has 6 nitrogen and oxygen atoms in total. The second-order valence-corrected chi connectivity index (χ2v) is 9.55. The average Bonchev–Trinajstić information content (AvgIpc) is 2.84. The fourth-order valence-electron chi connectivity index (χ4n) is 3.78. The van der Waals surface area contributed by atoms with Gasteiger partial charge in [0.05, 0.1) is 17.1 Å². The van der Waals surface area contributed by atoms with Gasteiger partial charge in [-0.3, -0.25) is 9.78 Å². The van der Waals surface area contributed by atoms with Gasteiger partial charge in [-0.2, -0.15) is 4.31 Å². The molecule has 0 unspecified atom stereocenters. The molecule has 4 rings (SSSR count). The number of aromatic nitrogens is 1. The highest BCUT2D eigenvalue weighted by Crippen LogP contribution is 2.26. The number of benzene rings is 2. The normalized spacial score (nSPS) is 15.5. The first-order valence-electron chi connectivity index (χ1n) is 10.4. The Labute approximate surface area is 183 Å². The third-order valence-electron chi connectivity index (χ3n) is 5.59. The summed E-state index contributed by atoms with van der Waals surface area (Å²) in [4.78, 5) is 16.9. The molecule has 0 saturated carbocycles. The highest BCUT2D eigenvalue weighted by molar-refractivity contribution is 7.89. The predicted octanol–water partition coefficient (Wildman–Crippen LogP) is 3.47. The lowest BCUT2D eigenvalue weighted by atomic mass is 9.97. The fraction of sp³-hybridized carbons (Fsp3) is 0.250. The molecule has 1 saturated heterocycles. The minimum Gasteiger partial charge on any atom is -0.350 e. The lowest BCUT2D eigenvalue weighted by Gasteiger charge is -2.30. The number of carbonyl (C=O) groups is 1. The van der Waals surface area contributed by atoms with E-state index in [2.05, 4.69) is 10.3 Å². The van der Waals surface area contributed by atoms with E-state index in [1.54, 1.807) is 18.3 Å². The van der Waals surface area contributed by atoms with Crippen molar-refractivity contribution in [2.45, 2.75) is 24.3 Å². The number of sulfonamides is 1. The molecule has 160 valence electrons. The minimum atomic E-state index is -3.57. The lowest BCUT2D eigenvalue weighted by molar-refractivity contribution is -0.126. The van der Waals surface area contributed by atoms with Crippen molar-refractivity contribution in [3.05, 3.63) is 84.7 Å². The summed E-state index contributed by atoms with van der Waals surface area (Å²) >= 11 is 0. The molecule has 2 heterocycles. The fourth-order valence-corrected chi connectivity index (χ4v) is 5.25. The molecule has 0 atom stereocenters. The zero-order chi connectivity index (χ0) is 21.7. The van der Waals surface area contributed by atoms with Gasteiger partial charge in [0, 0.05) is 25.2 Å². The van der Waals surface area contributed by atoms with Gasteiger partial charge in [0.25, 0.3) is 0 Å². The van der Waals surface area contributed by atoms with Crippen molar-refractivity contribution in [1.29, 1.82) is 0 Å². The molecular weight excluding hydrogens is 410 g/mol. The van der Waals surface area contributed by atoms with Crippen LogP contribution in [-0.2, 0) is 21.4 Å². The Morgan fingerprint density at radius 3 is 2.19 bits per heavy atom. The van der Waals surface area contributed by atoms with Crippen LogP contribution in [0.1, 0.15) is 18.5 Å². The smallest absolute Gasteiger partial charge is 0.243 e. The zero-order valence-corrected chi connectivity index (χ0v) is 18.0. The maximum Gasteiger partial charge on any atom is 0.243 e. The van der Waals surface area contributed by atoms with Crippen LogP contribution >= 0.6 is 0 Å². The van der Waals surface area contributed by atoms with Crippen molar-refractivity contribution in [1.82, 2.24) is 14.6 Å². The van der Waals surface area contributed by atoms with Crippen molar-refractivity contribution >= 4 is 15.9 Å². The van der Waals surface area contributed by atoms with Gasteiger partial charge >= 0.3 is 0 Å². The van der Waals surface area contributed by atoms with E-state index in [0.717, 1.165) is 16.8 Å². The van der Waals surface area contributed by atoms with Gasteiger partial charge in [0.2, 0.25) is 15.9 Å². The third-order valence-corrected chi connectivity index (χ3v) is 7.51. The Hall–Kier alpha value is -3.03. The Kier molecular flexibility index (Phi) is 6.44. The van der Waals surface area contributed by atoms with Crippen molar-refractivity contribution in [2.75, 3.05) is 13.1 Å². The third kappa shape index (κ3) is 5.00. The topological polar surface area (TPSA) is 79.4 Å². The summed E-state index contributed by atoms with van der Waals surface area (Å²) in [6.45, 7) is 1.06. The van der Waals surface area contributed by atoms with E-state index >= 15 is 0 Å². The van der Waals surface area contributed by atoms with E-state index in [9.17, 15) is 13.2 Å².